The van der Waals surface area contributed by atoms with Crippen LogP contribution in [0.5, 0.6) is 5.75 Å². The van der Waals surface area contributed by atoms with Crippen LogP contribution in [0.15, 0.2) is 72.8 Å². The minimum atomic E-state index is 0.479. The highest BCUT2D eigenvalue weighted by atomic mass is 16.3. The van der Waals surface area contributed by atoms with Crippen molar-refractivity contribution in [3.05, 3.63) is 101 Å². The summed E-state index contributed by atoms with van der Waals surface area (Å²) >= 11 is 0. The van der Waals surface area contributed by atoms with Crippen molar-refractivity contribution in [1.82, 2.24) is 0 Å². The van der Waals surface area contributed by atoms with Crippen molar-refractivity contribution in [1.29, 1.82) is 0 Å². The topological polar surface area (TPSA) is 20.2 Å². The summed E-state index contributed by atoms with van der Waals surface area (Å²) in [4.78, 5) is 0. The predicted molar refractivity (Wildman–Crippen MR) is 101 cm³/mol. The summed E-state index contributed by atoms with van der Waals surface area (Å²) in [6.07, 6.45) is 3.65. The van der Waals surface area contributed by atoms with Gasteiger partial charge in [-0.05, 0) is 54.9 Å². The molecule has 0 heterocycles. The minimum Gasteiger partial charge on any atom is -0.507 e. The van der Waals surface area contributed by atoms with Gasteiger partial charge in [-0.1, -0.05) is 78.4 Å². The van der Waals surface area contributed by atoms with E-state index in [-0.39, 0.29) is 0 Å². The number of phenolic OH excluding ortho intramolecular Hbond substituents is 1. The van der Waals surface area contributed by atoms with Gasteiger partial charge in [0.25, 0.3) is 0 Å². The quantitative estimate of drug-likeness (QED) is 0.656. The van der Waals surface area contributed by atoms with Gasteiger partial charge in [0.15, 0.2) is 0 Å². The molecule has 1 N–H and O–H groups in total. The van der Waals surface area contributed by atoms with E-state index in [1.807, 2.05) is 12.1 Å². The number of benzene rings is 3. The molecule has 24 heavy (non-hydrogen) atoms. The molecule has 3 rings (SSSR count). The highest BCUT2D eigenvalue weighted by Gasteiger charge is 2.09. The molecule has 3 aromatic carbocycles. The second-order valence-electron chi connectivity index (χ2n) is 6.40. The van der Waals surface area contributed by atoms with Gasteiger partial charge in [-0.2, -0.15) is 0 Å². The molecule has 3 aromatic rings. The number of phenols is 1. The maximum Gasteiger partial charge on any atom is 0.121 e. The van der Waals surface area contributed by atoms with Gasteiger partial charge in [0.1, 0.15) is 5.75 Å². The van der Waals surface area contributed by atoms with Crippen molar-refractivity contribution in [2.24, 2.45) is 0 Å². The van der Waals surface area contributed by atoms with Crippen LogP contribution in [-0.2, 0) is 25.7 Å². The second kappa shape index (κ2) is 7.83. The van der Waals surface area contributed by atoms with E-state index >= 15 is 0 Å². The van der Waals surface area contributed by atoms with Crippen LogP contribution in [0.3, 0.4) is 0 Å². The van der Waals surface area contributed by atoms with E-state index in [9.17, 15) is 5.11 Å². The molecule has 0 aromatic heterocycles. The largest absolute Gasteiger partial charge is 0.507 e. The molecule has 0 amide bonds. The summed E-state index contributed by atoms with van der Waals surface area (Å²) in [5.41, 5.74) is 5.95. The smallest absolute Gasteiger partial charge is 0.121 e. The van der Waals surface area contributed by atoms with Gasteiger partial charge < -0.3 is 5.11 Å². The van der Waals surface area contributed by atoms with E-state index in [1.54, 1.807) is 0 Å². The van der Waals surface area contributed by atoms with Crippen LogP contribution in [-0.4, -0.2) is 5.11 Å². The first-order valence-corrected chi connectivity index (χ1v) is 8.61. The van der Waals surface area contributed by atoms with Gasteiger partial charge >= 0.3 is 0 Å². The van der Waals surface area contributed by atoms with Crippen molar-refractivity contribution in [3.63, 3.8) is 0 Å². The molecule has 0 fully saturated rings. The molecule has 0 aliphatic heterocycles. The lowest BCUT2D eigenvalue weighted by Crippen LogP contribution is -1.98. The van der Waals surface area contributed by atoms with Gasteiger partial charge in [-0.15, -0.1) is 0 Å². The maximum atomic E-state index is 10.7. The SMILES string of the molecule is Cc1cc(CCc2ccccc2)c(O)c(CCc2ccccc2)c1. The van der Waals surface area contributed by atoms with Crippen LogP contribution >= 0.6 is 0 Å². The first-order valence-electron chi connectivity index (χ1n) is 8.61. The van der Waals surface area contributed by atoms with Gasteiger partial charge in [0.05, 0.1) is 0 Å². The van der Waals surface area contributed by atoms with Crippen molar-refractivity contribution in [3.8, 4) is 5.75 Å². The molecule has 0 aliphatic rings. The third-order valence-corrected chi connectivity index (χ3v) is 4.46. The molecule has 0 radical (unpaired) electrons. The Morgan fingerprint density at radius 2 is 1.04 bits per heavy atom. The number of hydrogen-bond donors (Lipinski definition) is 1. The van der Waals surface area contributed by atoms with Crippen molar-refractivity contribution >= 4 is 0 Å². The van der Waals surface area contributed by atoms with Crippen molar-refractivity contribution in [2.45, 2.75) is 32.6 Å². The van der Waals surface area contributed by atoms with Gasteiger partial charge in [0, 0.05) is 0 Å². The number of aryl methyl sites for hydroxylation is 5. The number of hydrogen-bond acceptors (Lipinski definition) is 1. The second-order valence-corrected chi connectivity index (χ2v) is 6.40. The average Bonchev–Trinajstić information content (AvgIpc) is 2.62. The summed E-state index contributed by atoms with van der Waals surface area (Å²) in [6.45, 7) is 2.11. The van der Waals surface area contributed by atoms with Gasteiger partial charge in [-0.3, -0.25) is 0 Å². The minimum absolute atomic E-state index is 0.479. The van der Waals surface area contributed by atoms with Crippen LogP contribution in [0.4, 0.5) is 0 Å². The molecule has 1 heteroatoms. The van der Waals surface area contributed by atoms with Crippen LogP contribution in [0.25, 0.3) is 0 Å². The molecule has 122 valence electrons. The lowest BCUT2D eigenvalue weighted by atomic mass is 9.95. The fourth-order valence-electron chi connectivity index (χ4n) is 3.16. The molecule has 0 aliphatic carbocycles. The first kappa shape index (κ1) is 16.3. The van der Waals surface area contributed by atoms with Crippen molar-refractivity contribution < 1.29 is 5.11 Å². The molecule has 1 nitrogen and oxygen atoms in total. The van der Waals surface area contributed by atoms with E-state index in [1.165, 1.54) is 16.7 Å². The Morgan fingerprint density at radius 1 is 0.625 bits per heavy atom. The molecule has 0 unspecified atom stereocenters. The third kappa shape index (κ3) is 4.26. The lowest BCUT2D eigenvalue weighted by Gasteiger charge is -2.12. The van der Waals surface area contributed by atoms with Crippen LogP contribution < -0.4 is 0 Å². The summed E-state index contributed by atoms with van der Waals surface area (Å²) < 4.78 is 0. The Labute approximate surface area is 144 Å². The molecule has 0 spiro atoms. The highest BCUT2D eigenvalue weighted by Crippen LogP contribution is 2.27. The van der Waals surface area contributed by atoms with E-state index in [2.05, 4.69) is 67.6 Å². The average molecular weight is 316 g/mol. The Morgan fingerprint density at radius 3 is 1.46 bits per heavy atom. The predicted octanol–water partition coefficient (Wildman–Crippen LogP) is 5.27. The Hall–Kier alpha value is -2.54. The summed E-state index contributed by atoms with van der Waals surface area (Å²) in [7, 11) is 0. The standard InChI is InChI=1S/C23H24O/c1-18-16-21(14-12-19-8-4-2-5-9-19)23(24)22(17-18)15-13-20-10-6-3-7-11-20/h2-11,16-17,24H,12-15H2,1H3. The highest BCUT2D eigenvalue weighted by molar-refractivity contribution is 5.44. The monoisotopic (exact) mass is 316 g/mol. The fraction of sp³-hybridized carbons (Fsp3) is 0.217. The van der Waals surface area contributed by atoms with Crippen molar-refractivity contribution in [2.75, 3.05) is 0 Å². The Balaban J connectivity index is 1.72. The Bertz CT molecular complexity index is 711. The lowest BCUT2D eigenvalue weighted by molar-refractivity contribution is 0.460. The zero-order valence-corrected chi connectivity index (χ0v) is 14.2. The summed E-state index contributed by atoms with van der Waals surface area (Å²) in [6, 6.07) is 25.1. The normalized spacial score (nSPS) is 10.7. The van der Waals surface area contributed by atoms with Crippen LogP contribution in [0.1, 0.15) is 27.8 Å². The molecular weight excluding hydrogens is 292 g/mol. The molecule has 0 saturated heterocycles. The maximum absolute atomic E-state index is 10.7. The van der Waals surface area contributed by atoms with E-state index in [4.69, 9.17) is 0 Å². The zero-order chi connectivity index (χ0) is 16.8. The van der Waals surface area contributed by atoms with Gasteiger partial charge in [-0.25, -0.2) is 0 Å². The van der Waals surface area contributed by atoms with Crippen LogP contribution in [0.2, 0.25) is 0 Å². The van der Waals surface area contributed by atoms with E-state index in [0.717, 1.165) is 36.8 Å². The fourth-order valence-corrected chi connectivity index (χ4v) is 3.16. The van der Waals surface area contributed by atoms with E-state index < -0.39 is 0 Å². The summed E-state index contributed by atoms with van der Waals surface area (Å²) in [5, 5.41) is 10.7. The van der Waals surface area contributed by atoms with Crippen LogP contribution in [0, 0.1) is 6.92 Å². The first-order chi connectivity index (χ1) is 11.7. The summed E-state index contributed by atoms with van der Waals surface area (Å²) in [5.74, 6) is 0.479. The molecule has 0 saturated carbocycles. The number of aromatic hydroxyl groups is 1. The molecule has 0 atom stereocenters. The third-order valence-electron chi connectivity index (χ3n) is 4.46. The number of rotatable bonds is 6. The van der Waals surface area contributed by atoms with E-state index in [0.29, 0.717) is 5.75 Å². The zero-order valence-electron chi connectivity index (χ0n) is 14.2. The Kier molecular flexibility index (Phi) is 5.32. The molecular formula is C23H24O. The van der Waals surface area contributed by atoms with Gasteiger partial charge in [0.2, 0.25) is 0 Å². The molecule has 0 bridgehead atoms.